The van der Waals surface area contributed by atoms with Crippen LogP contribution in [0, 0.1) is 5.92 Å². The summed E-state index contributed by atoms with van der Waals surface area (Å²) >= 11 is 0. The van der Waals surface area contributed by atoms with Crippen LogP contribution < -0.4 is 9.04 Å². The molecule has 0 radical (unpaired) electrons. The van der Waals surface area contributed by atoms with E-state index in [1.165, 1.54) is 23.4 Å². The summed E-state index contributed by atoms with van der Waals surface area (Å²) in [4.78, 5) is 11.7. The maximum absolute atomic E-state index is 13.2. The molecule has 1 atom stereocenters. The van der Waals surface area contributed by atoms with Crippen LogP contribution in [0.3, 0.4) is 0 Å². The second-order valence-corrected chi connectivity index (χ2v) is 8.29. The smallest absolute Gasteiger partial charge is 0.264 e. The van der Waals surface area contributed by atoms with Crippen LogP contribution in [0.25, 0.3) is 0 Å². The molecule has 0 N–H and O–H groups in total. The Bertz CT molecular complexity index is 921. The van der Waals surface area contributed by atoms with E-state index in [2.05, 4.69) is 0 Å². The molecule has 0 spiro atoms. The Labute approximate surface area is 148 Å². The number of hydrogen-bond acceptors (Lipinski definition) is 4. The number of anilines is 1. The van der Waals surface area contributed by atoms with Crippen molar-refractivity contribution in [3.05, 3.63) is 53.6 Å². The molecule has 0 aliphatic carbocycles. The molecule has 1 aliphatic heterocycles. The van der Waals surface area contributed by atoms with Crippen molar-refractivity contribution < 1.29 is 17.9 Å². The van der Waals surface area contributed by atoms with Gasteiger partial charge in [0.2, 0.25) is 0 Å². The Morgan fingerprint density at radius 2 is 1.96 bits per heavy atom. The SMILES string of the molecule is COc1ccc2c(c1)N(S(=O)(=O)c1cccc(C(C)=O)c1)CC(C)C2. The molecule has 0 aromatic heterocycles. The quantitative estimate of drug-likeness (QED) is 0.786. The first-order chi connectivity index (χ1) is 11.8. The van der Waals surface area contributed by atoms with Crippen LogP contribution in [-0.2, 0) is 16.4 Å². The fraction of sp³-hybridized carbons (Fsp3) is 0.316. The van der Waals surface area contributed by atoms with Gasteiger partial charge in [-0.1, -0.05) is 25.1 Å². The number of ether oxygens (including phenoxy) is 1. The Kier molecular flexibility index (Phi) is 4.56. The van der Waals surface area contributed by atoms with Gasteiger partial charge in [-0.15, -0.1) is 0 Å². The third kappa shape index (κ3) is 3.26. The van der Waals surface area contributed by atoms with Gasteiger partial charge in [-0.05, 0) is 43.0 Å². The van der Waals surface area contributed by atoms with Crippen molar-refractivity contribution in [1.29, 1.82) is 0 Å². The predicted octanol–water partition coefficient (Wildman–Crippen LogP) is 3.29. The highest BCUT2D eigenvalue weighted by molar-refractivity contribution is 7.92. The number of Topliss-reactive ketones (excluding diaryl/α,β-unsaturated/α-hetero) is 1. The minimum Gasteiger partial charge on any atom is -0.497 e. The fourth-order valence-corrected chi connectivity index (χ4v) is 4.79. The minimum absolute atomic E-state index is 0.128. The number of carbonyl (C=O) groups is 1. The first-order valence-corrected chi connectivity index (χ1v) is 9.57. The summed E-state index contributed by atoms with van der Waals surface area (Å²) in [5, 5.41) is 0. The number of hydrogen-bond donors (Lipinski definition) is 0. The maximum Gasteiger partial charge on any atom is 0.264 e. The number of ketones is 1. The van der Waals surface area contributed by atoms with Crippen LogP contribution >= 0.6 is 0 Å². The van der Waals surface area contributed by atoms with Gasteiger partial charge in [0, 0.05) is 18.2 Å². The molecule has 0 saturated heterocycles. The van der Waals surface area contributed by atoms with Crippen molar-refractivity contribution in [3.63, 3.8) is 0 Å². The van der Waals surface area contributed by atoms with E-state index in [9.17, 15) is 13.2 Å². The molecular formula is C19H21NO4S. The number of rotatable bonds is 4. The zero-order valence-electron chi connectivity index (χ0n) is 14.5. The molecule has 0 saturated carbocycles. The second kappa shape index (κ2) is 6.52. The lowest BCUT2D eigenvalue weighted by Crippen LogP contribution is -2.39. The molecule has 1 heterocycles. The normalized spacial score (nSPS) is 17.1. The van der Waals surface area contributed by atoms with E-state index in [4.69, 9.17) is 4.74 Å². The number of carbonyl (C=O) groups excluding carboxylic acids is 1. The lowest BCUT2D eigenvalue weighted by atomic mass is 9.95. The van der Waals surface area contributed by atoms with Crippen molar-refractivity contribution in [1.82, 2.24) is 0 Å². The van der Waals surface area contributed by atoms with Crippen LogP contribution in [0.5, 0.6) is 5.75 Å². The number of nitrogens with zero attached hydrogens (tertiary/aromatic N) is 1. The second-order valence-electron chi connectivity index (χ2n) is 6.42. The van der Waals surface area contributed by atoms with Gasteiger partial charge in [0.1, 0.15) is 5.75 Å². The molecule has 2 aromatic rings. The standard InChI is InChI=1S/C19H21NO4S/c1-13-9-16-7-8-17(24-3)11-19(16)20(12-13)25(22,23)18-6-4-5-15(10-18)14(2)21/h4-8,10-11,13H,9,12H2,1-3H3. The van der Waals surface area contributed by atoms with Crippen molar-refractivity contribution in [2.24, 2.45) is 5.92 Å². The zero-order valence-corrected chi connectivity index (χ0v) is 15.3. The van der Waals surface area contributed by atoms with Crippen LogP contribution in [0.15, 0.2) is 47.4 Å². The highest BCUT2D eigenvalue weighted by Gasteiger charge is 2.32. The lowest BCUT2D eigenvalue weighted by Gasteiger charge is -2.34. The molecular weight excluding hydrogens is 338 g/mol. The van der Waals surface area contributed by atoms with Gasteiger partial charge in [-0.3, -0.25) is 9.10 Å². The highest BCUT2D eigenvalue weighted by atomic mass is 32.2. The van der Waals surface area contributed by atoms with E-state index in [1.54, 1.807) is 25.3 Å². The molecule has 0 bridgehead atoms. The lowest BCUT2D eigenvalue weighted by molar-refractivity contribution is 0.101. The monoisotopic (exact) mass is 359 g/mol. The summed E-state index contributed by atoms with van der Waals surface area (Å²) in [6.07, 6.45) is 0.818. The van der Waals surface area contributed by atoms with Crippen molar-refractivity contribution in [3.8, 4) is 5.75 Å². The van der Waals surface area contributed by atoms with Crippen LogP contribution in [-0.4, -0.2) is 27.9 Å². The molecule has 25 heavy (non-hydrogen) atoms. The molecule has 0 amide bonds. The first kappa shape index (κ1) is 17.5. The van der Waals surface area contributed by atoms with Gasteiger partial charge in [-0.25, -0.2) is 8.42 Å². The summed E-state index contributed by atoms with van der Waals surface area (Å²) in [5.74, 6) is 0.656. The van der Waals surface area contributed by atoms with Crippen LogP contribution in [0.4, 0.5) is 5.69 Å². The average Bonchev–Trinajstić information content (AvgIpc) is 2.60. The van der Waals surface area contributed by atoms with Gasteiger partial charge in [0.05, 0.1) is 17.7 Å². The Morgan fingerprint density at radius 3 is 2.64 bits per heavy atom. The molecule has 5 nitrogen and oxygen atoms in total. The third-order valence-electron chi connectivity index (χ3n) is 4.44. The Hall–Kier alpha value is -2.34. The summed E-state index contributed by atoms with van der Waals surface area (Å²) < 4.78 is 33.2. The minimum atomic E-state index is -3.76. The summed E-state index contributed by atoms with van der Waals surface area (Å²) in [6, 6.07) is 11.7. The van der Waals surface area contributed by atoms with E-state index < -0.39 is 10.0 Å². The predicted molar refractivity (Wildman–Crippen MR) is 96.8 cm³/mol. The fourth-order valence-electron chi connectivity index (χ4n) is 3.13. The zero-order chi connectivity index (χ0) is 18.2. The molecule has 1 aliphatic rings. The molecule has 6 heteroatoms. The molecule has 1 unspecified atom stereocenters. The number of methoxy groups -OCH3 is 1. The van der Waals surface area contributed by atoms with Crippen molar-refractivity contribution in [2.75, 3.05) is 18.0 Å². The van der Waals surface area contributed by atoms with E-state index in [0.717, 1.165) is 12.0 Å². The van der Waals surface area contributed by atoms with Gasteiger partial charge >= 0.3 is 0 Å². The van der Waals surface area contributed by atoms with Crippen LogP contribution in [0.1, 0.15) is 29.8 Å². The van der Waals surface area contributed by atoms with Gasteiger partial charge in [-0.2, -0.15) is 0 Å². The largest absolute Gasteiger partial charge is 0.497 e. The topological polar surface area (TPSA) is 63.7 Å². The summed E-state index contributed by atoms with van der Waals surface area (Å²) in [6.45, 7) is 3.85. The maximum atomic E-state index is 13.2. The molecule has 0 fully saturated rings. The Balaban J connectivity index is 2.12. The molecule has 2 aromatic carbocycles. The number of sulfonamides is 1. The van der Waals surface area contributed by atoms with E-state index in [0.29, 0.717) is 23.5 Å². The number of benzene rings is 2. The number of fused-ring (bicyclic) bond motifs is 1. The van der Waals surface area contributed by atoms with Gasteiger partial charge in [0.15, 0.2) is 5.78 Å². The average molecular weight is 359 g/mol. The van der Waals surface area contributed by atoms with E-state index >= 15 is 0 Å². The highest BCUT2D eigenvalue weighted by Crippen LogP contribution is 2.36. The van der Waals surface area contributed by atoms with Crippen molar-refractivity contribution >= 4 is 21.5 Å². The third-order valence-corrected chi connectivity index (χ3v) is 6.21. The van der Waals surface area contributed by atoms with Gasteiger partial charge in [0.25, 0.3) is 10.0 Å². The summed E-state index contributed by atoms with van der Waals surface area (Å²) in [7, 11) is -2.21. The molecule has 3 rings (SSSR count). The summed E-state index contributed by atoms with van der Waals surface area (Å²) in [5.41, 5.74) is 2.01. The van der Waals surface area contributed by atoms with Crippen molar-refractivity contribution in [2.45, 2.75) is 25.2 Å². The molecule has 132 valence electrons. The van der Waals surface area contributed by atoms with Crippen LogP contribution in [0.2, 0.25) is 0 Å². The Morgan fingerprint density at radius 1 is 1.20 bits per heavy atom. The van der Waals surface area contributed by atoms with E-state index in [-0.39, 0.29) is 16.6 Å². The van der Waals surface area contributed by atoms with Gasteiger partial charge < -0.3 is 4.74 Å². The first-order valence-electron chi connectivity index (χ1n) is 8.13. The van der Waals surface area contributed by atoms with E-state index in [1.807, 2.05) is 19.1 Å².